The Bertz CT molecular complexity index is 585. The van der Waals surface area contributed by atoms with Crippen LogP contribution < -0.4 is 5.32 Å². The molecular weight excluding hydrogens is 290 g/mol. The molecule has 4 heteroatoms. The van der Waals surface area contributed by atoms with Crippen LogP contribution >= 0.6 is 0 Å². The molecule has 0 bridgehead atoms. The van der Waals surface area contributed by atoms with Crippen molar-refractivity contribution in [3.8, 4) is 0 Å². The molecule has 0 aromatic heterocycles. The van der Waals surface area contributed by atoms with Gasteiger partial charge in [-0.1, -0.05) is 31.4 Å². The van der Waals surface area contributed by atoms with E-state index in [-0.39, 0.29) is 11.8 Å². The molecule has 0 saturated heterocycles. The number of carboxylic acid groups (broad SMARTS) is 1. The standard InChI is InChI=1S/C19H25NO3/c1-19(18(22)23,16-11-12-16)20-17(21)15-9-7-14(8-10-15)13-5-3-2-4-6-13/h7-10,13,16H,2-6,11-12H2,1H3,(H,20,21)(H,22,23). The zero-order valence-electron chi connectivity index (χ0n) is 13.7. The molecule has 2 saturated carbocycles. The van der Waals surface area contributed by atoms with Gasteiger partial charge in [0.15, 0.2) is 0 Å². The fraction of sp³-hybridized carbons (Fsp3) is 0.579. The van der Waals surface area contributed by atoms with E-state index in [9.17, 15) is 14.7 Å². The fourth-order valence-corrected chi connectivity index (χ4v) is 3.64. The number of carboxylic acids is 1. The molecule has 1 atom stereocenters. The first-order chi connectivity index (χ1) is 11.0. The maximum absolute atomic E-state index is 12.4. The van der Waals surface area contributed by atoms with Crippen molar-refractivity contribution in [1.29, 1.82) is 0 Å². The second-order valence-electron chi connectivity index (χ2n) is 7.19. The summed E-state index contributed by atoms with van der Waals surface area (Å²) in [5, 5.41) is 12.2. The number of hydrogen-bond acceptors (Lipinski definition) is 2. The Morgan fingerprint density at radius 2 is 1.65 bits per heavy atom. The van der Waals surface area contributed by atoms with Gasteiger partial charge in [-0.05, 0) is 62.1 Å². The molecule has 1 aromatic rings. The van der Waals surface area contributed by atoms with E-state index in [1.807, 2.05) is 24.3 Å². The summed E-state index contributed by atoms with van der Waals surface area (Å²) < 4.78 is 0. The van der Waals surface area contributed by atoms with Crippen LogP contribution in [0.3, 0.4) is 0 Å². The number of carbonyl (C=O) groups excluding carboxylic acids is 1. The number of benzene rings is 1. The van der Waals surface area contributed by atoms with Gasteiger partial charge in [0, 0.05) is 5.56 Å². The van der Waals surface area contributed by atoms with Crippen LogP contribution in [0.4, 0.5) is 0 Å². The zero-order chi connectivity index (χ0) is 16.4. The predicted octanol–water partition coefficient (Wildman–Crippen LogP) is 3.72. The van der Waals surface area contributed by atoms with Crippen molar-refractivity contribution in [3.63, 3.8) is 0 Å². The van der Waals surface area contributed by atoms with E-state index in [0.717, 1.165) is 12.8 Å². The normalized spacial score (nSPS) is 21.4. The first kappa shape index (κ1) is 16.0. The van der Waals surface area contributed by atoms with Crippen LogP contribution in [-0.4, -0.2) is 22.5 Å². The molecule has 2 fully saturated rings. The lowest BCUT2D eigenvalue weighted by atomic mass is 9.84. The second-order valence-corrected chi connectivity index (χ2v) is 7.19. The Balaban J connectivity index is 1.68. The van der Waals surface area contributed by atoms with Gasteiger partial charge in [-0.2, -0.15) is 0 Å². The Kier molecular flexibility index (Phi) is 4.42. The third-order valence-corrected chi connectivity index (χ3v) is 5.46. The maximum atomic E-state index is 12.4. The molecule has 2 aliphatic carbocycles. The van der Waals surface area contributed by atoms with Crippen LogP contribution in [0.2, 0.25) is 0 Å². The number of carbonyl (C=O) groups is 2. The van der Waals surface area contributed by atoms with Crippen molar-refractivity contribution in [2.24, 2.45) is 5.92 Å². The Hall–Kier alpha value is -1.84. The van der Waals surface area contributed by atoms with Gasteiger partial charge in [0.2, 0.25) is 0 Å². The smallest absolute Gasteiger partial charge is 0.329 e. The van der Waals surface area contributed by atoms with Crippen molar-refractivity contribution in [2.45, 2.75) is 63.3 Å². The van der Waals surface area contributed by atoms with Crippen LogP contribution in [0.5, 0.6) is 0 Å². The van der Waals surface area contributed by atoms with Gasteiger partial charge in [0.1, 0.15) is 5.54 Å². The molecular formula is C19H25NO3. The van der Waals surface area contributed by atoms with E-state index in [4.69, 9.17) is 0 Å². The third-order valence-electron chi connectivity index (χ3n) is 5.46. The average molecular weight is 315 g/mol. The zero-order valence-corrected chi connectivity index (χ0v) is 13.7. The summed E-state index contributed by atoms with van der Waals surface area (Å²) in [4.78, 5) is 23.9. The molecule has 1 amide bonds. The van der Waals surface area contributed by atoms with E-state index in [2.05, 4.69) is 5.32 Å². The van der Waals surface area contributed by atoms with Crippen LogP contribution in [0, 0.1) is 5.92 Å². The molecule has 0 spiro atoms. The van der Waals surface area contributed by atoms with E-state index in [1.165, 1.54) is 37.7 Å². The summed E-state index contributed by atoms with van der Waals surface area (Å²) in [6.45, 7) is 1.61. The molecule has 3 rings (SSSR count). The minimum Gasteiger partial charge on any atom is -0.480 e. The molecule has 1 aromatic carbocycles. The van der Waals surface area contributed by atoms with Crippen LogP contribution in [0.25, 0.3) is 0 Å². The van der Waals surface area contributed by atoms with E-state index < -0.39 is 11.5 Å². The minimum atomic E-state index is -1.15. The van der Waals surface area contributed by atoms with Crippen molar-refractivity contribution >= 4 is 11.9 Å². The van der Waals surface area contributed by atoms with Gasteiger partial charge in [-0.3, -0.25) is 4.79 Å². The lowest BCUT2D eigenvalue weighted by Crippen LogP contribution is -2.54. The SMILES string of the molecule is CC(NC(=O)c1ccc(C2CCCCC2)cc1)(C(=O)O)C1CC1. The third kappa shape index (κ3) is 3.41. The van der Waals surface area contributed by atoms with Crippen molar-refractivity contribution < 1.29 is 14.7 Å². The highest BCUT2D eigenvalue weighted by molar-refractivity contribution is 5.98. The summed E-state index contributed by atoms with van der Waals surface area (Å²) in [7, 11) is 0. The predicted molar refractivity (Wildman–Crippen MR) is 88.5 cm³/mol. The first-order valence-corrected chi connectivity index (χ1v) is 8.66. The molecule has 4 nitrogen and oxygen atoms in total. The quantitative estimate of drug-likeness (QED) is 0.870. The van der Waals surface area contributed by atoms with Crippen LogP contribution in [0.1, 0.15) is 73.7 Å². The van der Waals surface area contributed by atoms with Gasteiger partial charge >= 0.3 is 5.97 Å². The molecule has 124 valence electrons. The van der Waals surface area contributed by atoms with Crippen molar-refractivity contribution in [2.75, 3.05) is 0 Å². The van der Waals surface area contributed by atoms with Gasteiger partial charge < -0.3 is 10.4 Å². The number of aliphatic carboxylic acids is 1. The molecule has 0 aliphatic heterocycles. The highest BCUT2D eigenvalue weighted by Crippen LogP contribution is 2.40. The van der Waals surface area contributed by atoms with Gasteiger partial charge in [-0.25, -0.2) is 4.79 Å². The molecule has 0 radical (unpaired) electrons. The molecule has 23 heavy (non-hydrogen) atoms. The number of rotatable bonds is 5. The molecule has 1 unspecified atom stereocenters. The highest BCUT2D eigenvalue weighted by atomic mass is 16.4. The second kappa shape index (κ2) is 6.34. The summed E-state index contributed by atoms with van der Waals surface area (Å²) in [6, 6.07) is 7.71. The van der Waals surface area contributed by atoms with E-state index in [1.54, 1.807) is 6.92 Å². The Morgan fingerprint density at radius 3 is 2.17 bits per heavy atom. The molecule has 2 aliphatic rings. The molecule has 2 N–H and O–H groups in total. The monoisotopic (exact) mass is 315 g/mol. The fourth-order valence-electron chi connectivity index (χ4n) is 3.64. The summed E-state index contributed by atoms with van der Waals surface area (Å²) >= 11 is 0. The van der Waals surface area contributed by atoms with E-state index >= 15 is 0 Å². The van der Waals surface area contributed by atoms with Gasteiger partial charge in [-0.15, -0.1) is 0 Å². The maximum Gasteiger partial charge on any atom is 0.329 e. The number of nitrogens with one attached hydrogen (secondary N) is 1. The Morgan fingerprint density at radius 1 is 1.04 bits per heavy atom. The number of hydrogen-bond donors (Lipinski definition) is 2. The first-order valence-electron chi connectivity index (χ1n) is 8.66. The lowest BCUT2D eigenvalue weighted by Gasteiger charge is -2.26. The van der Waals surface area contributed by atoms with Crippen LogP contribution in [-0.2, 0) is 4.79 Å². The van der Waals surface area contributed by atoms with Gasteiger partial charge in [0.05, 0.1) is 0 Å². The van der Waals surface area contributed by atoms with Gasteiger partial charge in [0.25, 0.3) is 5.91 Å². The van der Waals surface area contributed by atoms with Crippen molar-refractivity contribution in [3.05, 3.63) is 35.4 Å². The minimum absolute atomic E-state index is 0.0467. The molecule has 0 heterocycles. The number of amides is 1. The average Bonchev–Trinajstić information content (AvgIpc) is 3.41. The summed E-state index contributed by atoms with van der Waals surface area (Å²) in [5.74, 6) is -0.591. The lowest BCUT2D eigenvalue weighted by molar-refractivity contribution is -0.144. The summed E-state index contributed by atoms with van der Waals surface area (Å²) in [6.07, 6.45) is 8.07. The highest BCUT2D eigenvalue weighted by Gasteiger charge is 2.48. The Labute approximate surface area is 137 Å². The largest absolute Gasteiger partial charge is 0.480 e. The summed E-state index contributed by atoms with van der Waals surface area (Å²) in [5.41, 5.74) is 0.682. The topological polar surface area (TPSA) is 66.4 Å². The van der Waals surface area contributed by atoms with Crippen LogP contribution in [0.15, 0.2) is 24.3 Å². The van der Waals surface area contributed by atoms with Crippen molar-refractivity contribution in [1.82, 2.24) is 5.32 Å². The van der Waals surface area contributed by atoms with E-state index in [0.29, 0.717) is 11.5 Å².